The third-order valence-corrected chi connectivity index (χ3v) is 2.41. The average molecular weight is 210 g/mol. The molecule has 1 aromatic carbocycles. The van der Waals surface area contributed by atoms with Gasteiger partial charge < -0.3 is 0 Å². The molecule has 4 heteroatoms. The van der Waals surface area contributed by atoms with Crippen LogP contribution in [0.3, 0.4) is 0 Å². The Balaban J connectivity index is 1.97. The zero-order valence-corrected chi connectivity index (χ0v) is 8.29. The summed E-state index contributed by atoms with van der Waals surface area (Å²) in [6.07, 6.45) is 0. The Labute approximate surface area is 87.2 Å². The van der Waals surface area contributed by atoms with Crippen molar-refractivity contribution in [1.82, 2.24) is 4.90 Å². The van der Waals surface area contributed by atoms with Crippen molar-refractivity contribution in [2.75, 3.05) is 13.1 Å². The maximum atomic E-state index is 12.6. The lowest BCUT2D eigenvalue weighted by molar-refractivity contribution is -0.133. The molecule has 0 aromatic heterocycles. The summed E-state index contributed by atoms with van der Waals surface area (Å²) < 4.78 is 25.1. The molecule has 0 bridgehead atoms. The van der Waals surface area contributed by atoms with Gasteiger partial charge in [0.2, 0.25) is 0 Å². The molecule has 0 atom stereocenters. The standard InChI is InChI=1S/C11H12F2N2/c1-14-10-4-2-3-9(5-10)6-15-7-11(12,13)8-15/h2-5H,1,6-8H2. The molecule has 1 fully saturated rings. The lowest BCUT2D eigenvalue weighted by Gasteiger charge is -2.38. The first kappa shape index (κ1) is 10.2. The Morgan fingerprint density at radius 2 is 2.13 bits per heavy atom. The zero-order valence-electron chi connectivity index (χ0n) is 8.29. The molecule has 0 N–H and O–H groups in total. The first-order chi connectivity index (χ1) is 7.09. The van der Waals surface area contributed by atoms with Crippen molar-refractivity contribution < 1.29 is 8.78 Å². The molecule has 0 spiro atoms. The minimum absolute atomic E-state index is 0.140. The summed E-state index contributed by atoms with van der Waals surface area (Å²) in [5, 5.41) is 0. The first-order valence-electron chi connectivity index (χ1n) is 4.75. The molecule has 0 unspecified atom stereocenters. The topological polar surface area (TPSA) is 15.6 Å². The fraction of sp³-hybridized carbons (Fsp3) is 0.364. The Hall–Kier alpha value is -1.29. The summed E-state index contributed by atoms with van der Waals surface area (Å²) in [7, 11) is 0. The van der Waals surface area contributed by atoms with Crippen molar-refractivity contribution in [2.24, 2.45) is 4.99 Å². The van der Waals surface area contributed by atoms with Crippen molar-refractivity contribution >= 4 is 12.4 Å². The number of alkyl halides is 2. The first-order valence-corrected chi connectivity index (χ1v) is 4.75. The highest BCUT2D eigenvalue weighted by Crippen LogP contribution is 2.28. The van der Waals surface area contributed by atoms with Crippen LogP contribution in [0.15, 0.2) is 29.3 Å². The molecule has 80 valence electrons. The minimum atomic E-state index is -2.49. The van der Waals surface area contributed by atoms with Crippen molar-refractivity contribution in [1.29, 1.82) is 0 Å². The fourth-order valence-corrected chi connectivity index (χ4v) is 1.73. The van der Waals surface area contributed by atoms with E-state index in [1.807, 2.05) is 24.3 Å². The molecular formula is C11H12F2N2. The van der Waals surface area contributed by atoms with E-state index in [-0.39, 0.29) is 13.1 Å². The highest BCUT2D eigenvalue weighted by molar-refractivity contribution is 5.46. The van der Waals surface area contributed by atoms with Gasteiger partial charge in [-0.15, -0.1) is 0 Å². The maximum Gasteiger partial charge on any atom is 0.272 e. The van der Waals surface area contributed by atoms with Gasteiger partial charge in [-0.3, -0.25) is 9.89 Å². The van der Waals surface area contributed by atoms with E-state index in [0.29, 0.717) is 6.54 Å². The third kappa shape index (κ3) is 2.39. The summed E-state index contributed by atoms with van der Waals surface area (Å²) in [6, 6.07) is 7.47. The quantitative estimate of drug-likeness (QED) is 0.700. The smallest absolute Gasteiger partial charge is 0.272 e. The Morgan fingerprint density at radius 1 is 1.40 bits per heavy atom. The maximum absolute atomic E-state index is 12.6. The van der Waals surface area contributed by atoms with Crippen LogP contribution < -0.4 is 0 Å². The van der Waals surface area contributed by atoms with E-state index in [2.05, 4.69) is 11.7 Å². The van der Waals surface area contributed by atoms with Crippen LogP contribution in [0.25, 0.3) is 0 Å². The summed E-state index contributed by atoms with van der Waals surface area (Å²) in [5.41, 5.74) is 1.77. The molecule has 1 aliphatic rings. The molecule has 0 aliphatic carbocycles. The largest absolute Gasteiger partial charge is 0.287 e. The highest BCUT2D eigenvalue weighted by atomic mass is 19.3. The molecule has 2 nitrogen and oxygen atoms in total. The second-order valence-corrected chi connectivity index (χ2v) is 3.83. The lowest BCUT2D eigenvalue weighted by Crippen LogP contribution is -2.55. The average Bonchev–Trinajstić information content (AvgIpc) is 2.15. The molecule has 1 aromatic rings. The molecule has 0 saturated carbocycles. The van der Waals surface area contributed by atoms with Gasteiger partial charge in [-0.2, -0.15) is 0 Å². The predicted octanol–water partition coefficient (Wildman–Crippen LogP) is 2.47. The van der Waals surface area contributed by atoms with Gasteiger partial charge in [0.25, 0.3) is 5.92 Å². The summed E-state index contributed by atoms with van der Waals surface area (Å²) >= 11 is 0. The molecular weight excluding hydrogens is 198 g/mol. The summed E-state index contributed by atoms with van der Waals surface area (Å²) in [6.45, 7) is 3.70. The molecule has 1 aliphatic heterocycles. The van der Waals surface area contributed by atoms with Crippen molar-refractivity contribution in [2.45, 2.75) is 12.5 Å². The molecule has 0 radical (unpaired) electrons. The van der Waals surface area contributed by atoms with Crippen LogP contribution >= 0.6 is 0 Å². The van der Waals surface area contributed by atoms with Crippen LogP contribution in [0.2, 0.25) is 0 Å². The van der Waals surface area contributed by atoms with Gasteiger partial charge in [-0.05, 0) is 24.4 Å². The lowest BCUT2D eigenvalue weighted by atomic mass is 10.1. The number of likely N-dealkylation sites (tertiary alicyclic amines) is 1. The fourth-order valence-electron chi connectivity index (χ4n) is 1.73. The van der Waals surface area contributed by atoms with Gasteiger partial charge >= 0.3 is 0 Å². The van der Waals surface area contributed by atoms with E-state index in [1.165, 1.54) is 0 Å². The van der Waals surface area contributed by atoms with E-state index in [0.717, 1.165) is 11.3 Å². The van der Waals surface area contributed by atoms with Crippen LogP contribution in [-0.4, -0.2) is 30.6 Å². The Kier molecular flexibility index (Phi) is 2.52. The van der Waals surface area contributed by atoms with Crippen LogP contribution in [0.5, 0.6) is 0 Å². The van der Waals surface area contributed by atoms with Gasteiger partial charge in [0.15, 0.2) is 0 Å². The predicted molar refractivity (Wildman–Crippen MR) is 55.9 cm³/mol. The van der Waals surface area contributed by atoms with E-state index in [1.54, 1.807) is 4.90 Å². The number of nitrogens with zero attached hydrogens (tertiary/aromatic N) is 2. The van der Waals surface area contributed by atoms with E-state index in [4.69, 9.17) is 0 Å². The van der Waals surface area contributed by atoms with Crippen LogP contribution in [0.1, 0.15) is 5.56 Å². The van der Waals surface area contributed by atoms with Crippen molar-refractivity contribution in [3.63, 3.8) is 0 Å². The van der Waals surface area contributed by atoms with Crippen molar-refractivity contribution in [3.8, 4) is 0 Å². The van der Waals surface area contributed by atoms with Crippen LogP contribution in [0.4, 0.5) is 14.5 Å². The Morgan fingerprint density at radius 3 is 2.73 bits per heavy atom. The number of benzene rings is 1. The molecule has 0 amide bonds. The second-order valence-electron chi connectivity index (χ2n) is 3.83. The second kappa shape index (κ2) is 3.70. The molecule has 2 rings (SSSR count). The molecule has 1 heterocycles. The SMILES string of the molecule is C=Nc1cccc(CN2CC(F)(F)C2)c1. The zero-order chi connectivity index (χ0) is 10.9. The van der Waals surface area contributed by atoms with Crippen LogP contribution in [0, 0.1) is 0 Å². The molecule has 1 saturated heterocycles. The van der Waals surface area contributed by atoms with E-state index in [9.17, 15) is 8.78 Å². The van der Waals surface area contributed by atoms with Gasteiger partial charge in [-0.1, -0.05) is 12.1 Å². The number of hydrogen-bond acceptors (Lipinski definition) is 2. The van der Waals surface area contributed by atoms with Gasteiger partial charge in [0.05, 0.1) is 18.8 Å². The normalized spacial score (nSPS) is 19.6. The van der Waals surface area contributed by atoms with E-state index < -0.39 is 5.92 Å². The summed E-state index contributed by atoms with van der Waals surface area (Å²) in [4.78, 5) is 5.50. The van der Waals surface area contributed by atoms with Gasteiger partial charge in [-0.25, -0.2) is 8.78 Å². The number of aliphatic imine (C=N–C) groups is 1. The number of rotatable bonds is 3. The van der Waals surface area contributed by atoms with Crippen LogP contribution in [-0.2, 0) is 6.54 Å². The molecule has 15 heavy (non-hydrogen) atoms. The number of halogens is 2. The Bertz CT molecular complexity index is 369. The number of hydrogen-bond donors (Lipinski definition) is 0. The van der Waals surface area contributed by atoms with E-state index >= 15 is 0 Å². The highest BCUT2D eigenvalue weighted by Gasteiger charge is 2.43. The van der Waals surface area contributed by atoms with Gasteiger partial charge in [0, 0.05) is 6.54 Å². The minimum Gasteiger partial charge on any atom is -0.287 e. The van der Waals surface area contributed by atoms with Crippen molar-refractivity contribution in [3.05, 3.63) is 29.8 Å². The summed E-state index contributed by atoms with van der Waals surface area (Å²) in [5.74, 6) is -2.49. The third-order valence-electron chi connectivity index (χ3n) is 2.41. The monoisotopic (exact) mass is 210 g/mol. The van der Waals surface area contributed by atoms with Gasteiger partial charge in [0.1, 0.15) is 0 Å².